The highest BCUT2D eigenvalue weighted by Crippen LogP contribution is 2.27. The molecule has 3 aromatic rings. The minimum atomic E-state index is 0.676. The van der Waals surface area contributed by atoms with Gasteiger partial charge in [0.25, 0.3) is 5.78 Å². The average molecular weight is 365 g/mol. The van der Waals surface area contributed by atoms with E-state index in [1.165, 1.54) is 0 Å². The summed E-state index contributed by atoms with van der Waals surface area (Å²) in [5.74, 6) is 2.68. The largest absolute Gasteiger partial charge is 0.253 e. The fourth-order valence-electron chi connectivity index (χ4n) is 2.18. The Kier molecular flexibility index (Phi) is 5.46. The molecule has 0 atom stereocenters. The summed E-state index contributed by atoms with van der Waals surface area (Å²) in [6, 6.07) is 9.96. The van der Waals surface area contributed by atoms with E-state index < -0.39 is 0 Å². The number of rotatable bonds is 6. The van der Waals surface area contributed by atoms with E-state index in [1.807, 2.05) is 38.1 Å². The van der Waals surface area contributed by atoms with Gasteiger partial charge in [-0.3, -0.25) is 0 Å². The van der Waals surface area contributed by atoms with Crippen molar-refractivity contribution in [1.29, 1.82) is 0 Å². The van der Waals surface area contributed by atoms with E-state index in [9.17, 15) is 0 Å². The molecule has 120 valence electrons. The van der Waals surface area contributed by atoms with Gasteiger partial charge in [-0.25, -0.2) is 9.50 Å². The summed E-state index contributed by atoms with van der Waals surface area (Å²) in [7, 11) is 0. The van der Waals surface area contributed by atoms with Crippen LogP contribution in [-0.4, -0.2) is 31.1 Å². The highest BCUT2D eigenvalue weighted by atomic mass is 35.5. The second-order valence-electron chi connectivity index (χ2n) is 5.13. The van der Waals surface area contributed by atoms with Crippen LogP contribution in [0.2, 0.25) is 5.02 Å². The molecule has 0 radical (unpaired) electrons. The Bertz CT molecular complexity index is 819. The fourth-order valence-corrected chi connectivity index (χ4v) is 4.30. The molecule has 0 spiro atoms. The molecule has 0 aliphatic carbocycles. The maximum atomic E-state index is 6.15. The number of nitrogens with zero attached hydrogens (tertiary/aromatic N) is 4. The van der Waals surface area contributed by atoms with E-state index in [0.717, 1.165) is 44.4 Å². The molecule has 0 bridgehead atoms. The minimum absolute atomic E-state index is 0.676. The van der Waals surface area contributed by atoms with Crippen molar-refractivity contribution in [2.75, 3.05) is 11.5 Å². The molecule has 2 aromatic heterocycles. The number of halogens is 1. The molecule has 0 aliphatic heterocycles. The van der Waals surface area contributed by atoms with E-state index in [-0.39, 0.29) is 0 Å². The second kappa shape index (κ2) is 7.55. The summed E-state index contributed by atoms with van der Waals surface area (Å²) in [4.78, 5) is 10.0. The highest BCUT2D eigenvalue weighted by Gasteiger charge is 2.08. The van der Waals surface area contributed by atoms with E-state index in [2.05, 4.69) is 21.1 Å². The van der Waals surface area contributed by atoms with Crippen LogP contribution < -0.4 is 0 Å². The van der Waals surface area contributed by atoms with Gasteiger partial charge in [-0.05, 0) is 44.2 Å². The first-order valence-corrected chi connectivity index (χ1v) is 9.69. The summed E-state index contributed by atoms with van der Waals surface area (Å²) in [5.41, 5.74) is 2.02. The van der Waals surface area contributed by atoms with Gasteiger partial charge in [0, 0.05) is 22.0 Å². The Hall–Kier alpha value is -1.24. The van der Waals surface area contributed by atoms with Gasteiger partial charge in [0.2, 0.25) is 5.16 Å². The third-order valence-corrected chi connectivity index (χ3v) is 5.74. The molecule has 7 heteroatoms. The zero-order valence-corrected chi connectivity index (χ0v) is 15.4. The summed E-state index contributed by atoms with van der Waals surface area (Å²) >= 11 is 9.61. The predicted octanol–water partition coefficient (Wildman–Crippen LogP) is 4.67. The number of aromatic nitrogens is 4. The SMILES string of the molecule is Cc1cc(C)n2nc(SCCCSc3ccccc3Cl)nc2n1. The number of aryl methyl sites for hydroxylation is 2. The Morgan fingerprint density at radius 3 is 2.70 bits per heavy atom. The molecule has 0 unspecified atom stereocenters. The van der Waals surface area contributed by atoms with Crippen LogP contribution in [0.3, 0.4) is 0 Å². The normalized spacial score (nSPS) is 11.3. The maximum Gasteiger partial charge on any atom is 0.253 e. The zero-order valence-electron chi connectivity index (χ0n) is 13.0. The molecule has 4 nitrogen and oxygen atoms in total. The van der Waals surface area contributed by atoms with Crippen molar-refractivity contribution in [3.05, 3.63) is 46.7 Å². The van der Waals surface area contributed by atoms with Gasteiger partial charge in [-0.1, -0.05) is 35.5 Å². The molecular weight excluding hydrogens is 348 g/mol. The van der Waals surface area contributed by atoms with E-state index in [4.69, 9.17) is 11.6 Å². The van der Waals surface area contributed by atoms with Crippen LogP contribution in [0, 0.1) is 13.8 Å². The summed E-state index contributed by atoms with van der Waals surface area (Å²) in [6.07, 6.45) is 1.07. The lowest BCUT2D eigenvalue weighted by atomic mass is 10.4. The minimum Gasteiger partial charge on any atom is -0.216 e. The van der Waals surface area contributed by atoms with Crippen molar-refractivity contribution in [3.63, 3.8) is 0 Å². The van der Waals surface area contributed by atoms with Crippen molar-refractivity contribution in [3.8, 4) is 0 Å². The van der Waals surface area contributed by atoms with Crippen LogP contribution in [0.15, 0.2) is 40.4 Å². The Morgan fingerprint density at radius 2 is 1.87 bits per heavy atom. The first kappa shape index (κ1) is 16.6. The number of hydrogen-bond donors (Lipinski definition) is 0. The van der Waals surface area contributed by atoms with Crippen molar-refractivity contribution in [2.24, 2.45) is 0 Å². The van der Waals surface area contributed by atoms with E-state index in [0.29, 0.717) is 5.78 Å². The van der Waals surface area contributed by atoms with Crippen molar-refractivity contribution in [1.82, 2.24) is 19.6 Å². The van der Waals surface area contributed by atoms with Crippen LogP contribution in [0.4, 0.5) is 0 Å². The third kappa shape index (κ3) is 4.19. The quantitative estimate of drug-likeness (QED) is 0.469. The van der Waals surface area contributed by atoms with Crippen LogP contribution in [0.1, 0.15) is 17.8 Å². The number of hydrogen-bond acceptors (Lipinski definition) is 5. The first-order valence-electron chi connectivity index (χ1n) is 7.34. The standard InChI is InChI=1S/C16H17ClN4S2/c1-11-10-12(2)21-15(18-11)19-16(20-21)23-9-5-8-22-14-7-4-3-6-13(14)17/h3-4,6-7,10H,5,8-9H2,1-2H3. The fraction of sp³-hybridized carbons (Fsp3) is 0.312. The van der Waals surface area contributed by atoms with Gasteiger partial charge in [-0.2, -0.15) is 4.98 Å². The average Bonchev–Trinajstić information content (AvgIpc) is 2.92. The summed E-state index contributed by atoms with van der Waals surface area (Å²) in [5, 5.41) is 6.11. The Balaban J connectivity index is 1.51. The van der Waals surface area contributed by atoms with Crippen molar-refractivity contribution in [2.45, 2.75) is 30.3 Å². The van der Waals surface area contributed by atoms with Crippen molar-refractivity contribution >= 4 is 40.9 Å². The molecule has 23 heavy (non-hydrogen) atoms. The van der Waals surface area contributed by atoms with Crippen LogP contribution in [0.5, 0.6) is 0 Å². The van der Waals surface area contributed by atoms with Gasteiger partial charge < -0.3 is 0 Å². The molecule has 0 amide bonds. The molecule has 0 saturated heterocycles. The zero-order chi connectivity index (χ0) is 16.2. The van der Waals surface area contributed by atoms with Gasteiger partial charge in [0.05, 0.1) is 5.02 Å². The smallest absolute Gasteiger partial charge is 0.216 e. The van der Waals surface area contributed by atoms with Crippen LogP contribution >= 0.6 is 35.1 Å². The summed E-state index contributed by atoms with van der Waals surface area (Å²) < 4.78 is 1.80. The number of fused-ring (bicyclic) bond motifs is 1. The van der Waals surface area contributed by atoms with Gasteiger partial charge >= 0.3 is 0 Å². The predicted molar refractivity (Wildman–Crippen MR) is 97.8 cm³/mol. The number of benzene rings is 1. The molecule has 0 saturated carbocycles. The lowest BCUT2D eigenvalue weighted by molar-refractivity contribution is 0.842. The monoisotopic (exact) mass is 364 g/mol. The van der Waals surface area contributed by atoms with Gasteiger partial charge in [0.15, 0.2) is 0 Å². The van der Waals surface area contributed by atoms with Crippen LogP contribution in [0.25, 0.3) is 5.78 Å². The topological polar surface area (TPSA) is 43.1 Å². The molecule has 3 rings (SSSR count). The van der Waals surface area contributed by atoms with Crippen LogP contribution in [-0.2, 0) is 0 Å². The number of thioether (sulfide) groups is 2. The lowest BCUT2D eigenvalue weighted by Gasteiger charge is -2.02. The molecule has 0 N–H and O–H groups in total. The molecular formula is C16H17ClN4S2. The Labute approximate surface area is 149 Å². The molecule has 2 heterocycles. The second-order valence-corrected chi connectivity index (χ2v) is 7.73. The maximum absolute atomic E-state index is 6.15. The lowest BCUT2D eigenvalue weighted by Crippen LogP contribution is -1.97. The molecule has 0 aliphatic rings. The molecule has 1 aromatic carbocycles. The first-order chi connectivity index (χ1) is 11.1. The van der Waals surface area contributed by atoms with E-state index >= 15 is 0 Å². The van der Waals surface area contributed by atoms with Gasteiger partial charge in [-0.15, -0.1) is 16.9 Å². The third-order valence-electron chi connectivity index (χ3n) is 3.21. The Morgan fingerprint density at radius 1 is 1.09 bits per heavy atom. The highest BCUT2D eigenvalue weighted by molar-refractivity contribution is 8.00. The van der Waals surface area contributed by atoms with E-state index in [1.54, 1.807) is 28.0 Å². The van der Waals surface area contributed by atoms with Crippen molar-refractivity contribution < 1.29 is 0 Å². The summed E-state index contributed by atoms with van der Waals surface area (Å²) in [6.45, 7) is 3.99. The molecule has 0 fully saturated rings. The van der Waals surface area contributed by atoms with Gasteiger partial charge in [0.1, 0.15) is 0 Å².